The number of nitro groups is 1. The average Bonchev–Trinajstić information content (AvgIpc) is 3.28. The molecule has 2 aliphatic heterocycles. The van der Waals surface area contributed by atoms with E-state index in [1.807, 2.05) is 0 Å². The summed E-state index contributed by atoms with van der Waals surface area (Å²) < 4.78 is 12.6. The summed E-state index contributed by atoms with van der Waals surface area (Å²) in [4.78, 5) is 37.7. The normalized spacial score (nSPS) is 14.9. The number of hydrogen-bond acceptors (Lipinski definition) is 7. The van der Waals surface area contributed by atoms with Gasteiger partial charge >= 0.3 is 11.9 Å². The molecule has 36 heavy (non-hydrogen) atoms. The summed E-state index contributed by atoms with van der Waals surface area (Å²) in [6.07, 6.45) is 1.71. The molecule has 0 aliphatic carbocycles. The van der Waals surface area contributed by atoms with Crippen molar-refractivity contribution in [1.82, 2.24) is 15.1 Å². The van der Waals surface area contributed by atoms with E-state index < -0.39 is 16.6 Å². The monoisotopic (exact) mass is 491 g/mol. The summed E-state index contributed by atoms with van der Waals surface area (Å²) in [7, 11) is 0. The fourth-order valence-corrected chi connectivity index (χ4v) is 4.29. The lowest BCUT2D eigenvalue weighted by molar-refractivity contribution is -0.389. The van der Waals surface area contributed by atoms with Crippen molar-refractivity contribution >= 4 is 23.5 Å². The van der Waals surface area contributed by atoms with Gasteiger partial charge in [0.2, 0.25) is 0 Å². The van der Waals surface area contributed by atoms with Crippen molar-refractivity contribution in [3.8, 4) is 22.6 Å². The first-order chi connectivity index (χ1) is 17.1. The Kier molecular flexibility index (Phi) is 5.62. The second-order valence-electron chi connectivity index (χ2n) is 9.58. The third kappa shape index (κ3) is 4.35. The number of carbonyl (C=O) groups is 2. The topological polar surface area (TPSA) is 129 Å². The van der Waals surface area contributed by atoms with E-state index in [9.17, 15) is 19.7 Å². The van der Waals surface area contributed by atoms with Gasteiger partial charge in [0.05, 0.1) is 29.2 Å². The highest BCUT2D eigenvalue weighted by Crippen LogP contribution is 2.36. The van der Waals surface area contributed by atoms with Crippen LogP contribution >= 0.6 is 0 Å². The Labute approximate surface area is 206 Å². The first-order valence-electron chi connectivity index (χ1n) is 11.5. The van der Waals surface area contributed by atoms with Gasteiger partial charge in [-0.05, 0) is 73.6 Å². The molecule has 11 heteroatoms. The molecule has 0 saturated heterocycles. The summed E-state index contributed by atoms with van der Waals surface area (Å²) in [6, 6.07) is 10.3. The Morgan fingerprint density at radius 2 is 2.00 bits per heavy atom. The van der Waals surface area contributed by atoms with Crippen LogP contribution in [0.3, 0.4) is 0 Å². The van der Waals surface area contributed by atoms with Crippen molar-refractivity contribution in [3.05, 3.63) is 63.8 Å². The average molecular weight is 492 g/mol. The minimum absolute atomic E-state index is 0.154. The maximum atomic E-state index is 12.8. The molecule has 0 atom stereocenters. The van der Waals surface area contributed by atoms with Gasteiger partial charge in [-0.2, -0.15) is 0 Å². The highest BCUT2D eigenvalue weighted by molar-refractivity contribution is 5.97. The Bertz CT molecular complexity index is 1390. The standard InChI is InChI=1S/C25H25N5O6/c1-25(2,3)36-24(32)28-10-11-35-21-7-5-17(13-20(21)28)29-14-19(22(27-29)30(33)34)15-4-6-18-16(12-15)8-9-26-23(18)31/h4-7,12-14H,8-11H2,1-3H3,(H,26,31). The molecule has 2 amide bonds. The van der Waals surface area contributed by atoms with Gasteiger partial charge in [0, 0.05) is 12.1 Å². The molecule has 2 aliphatic rings. The molecule has 2 aromatic carbocycles. The number of ether oxygens (including phenoxy) is 2. The molecule has 0 saturated carbocycles. The molecule has 0 spiro atoms. The summed E-state index contributed by atoms with van der Waals surface area (Å²) in [6.45, 7) is 6.51. The molecule has 0 fully saturated rings. The lowest BCUT2D eigenvalue weighted by Gasteiger charge is -2.31. The van der Waals surface area contributed by atoms with E-state index in [0.717, 1.165) is 5.56 Å². The molecular weight excluding hydrogens is 466 g/mol. The quantitative estimate of drug-likeness (QED) is 0.435. The minimum atomic E-state index is -0.666. The van der Waals surface area contributed by atoms with E-state index in [1.54, 1.807) is 63.4 Å². The van der Waals surface area contributed by atoms with E-state index in [1.165, 1.54) is 9.58 Å². The number of amides is 2. The van der Waals surface area contributed by atoms with Crippen molar-refractivity contribution in [2.45, 2.75) is 32.8 Å². The lowest BCUT2D eigenvalue weighted by Crippen LogP contribution is -2.41. The SMILES string of the molecule is CC(C)(C)OC(=O)N1CCOc2ccc(-n3cc(-c4ccc5c(c4)CCNC5=O)c([N+](=O)[O-])n3)cc21. The van der Waals surface area contributed by atoms with Crippen LogP contribution in [0.2, 0.25) is 0 Å². The van der Waals surface area contributed by atoms with Crippen LogP contribution < -0.4 is 15.0 Å². The fourth-order valence-electron chi connectivity index (χ4n) is 4.29. The van der Waals surface area contributed by atoms with E-state index in [0.29, 0.717) is 59.9 Å². The number of fused-ring (bicyclic) bond motifs is 2. The molecule has 3 heterocycles. The molecule has 1 aromatic heterocycles. The first-order valence-corrected chi connectivity index (χ1v) is 11.5. The van der Waals surface area contributed by atoms with Crippen molar-refractivity contribution in [3.63, 3.8) is 0 Å². The van der Waals surface area contributed by atoms with Gasteiger partial charge in [-0.15, -0.1) is 4.68 Å². The third-order valence-corrected chi connectivity index (χ3v) is 5.89. The zero-order valence-electron chi connectivity index (χ0n) is 20.1. The minimum Gasteiger partial charge on any atom is -0.490 e. The van der Waals surface area contributed by atoms with Crippen LogP contribution in [-0.2, 0) is 11.2 Å². The molecule has 0 unspecified atom stereocenters. The molecular formula is C25H25N5O6. The van der Waals surface area contributed by atoms with Gasteiger partial charge in [-0.1, -0.05) is 6.07 Å². The third-order valence-electron chi connectivity index (χ3n) is 5.89. The van der Waals surface area contributed by atoms with Crippen molar-refractivity contribution < 1.29 is 24.0 Å². The number of rotatable bonds is 3. The number of carbonyl (C=O) groups excluding carboxylic acids is 2. The Morgan fingerprint density at radius 3 is 2.75 bits per heavy atom. The first kappa shape index (κ1) is 23.3. The maximum Gasteiger partial charge on any atom is 0.415 e. The van der Waals surface area contributed by atoms with Gasteiger partial charge in [-0.3, -0.25) is 9.69 Å². The van der Waals surface area contributed by atoms with Gasteiger partial charge in [0.25, 0.3) is 5.91 Å². The molecule has 3 aromatic rings. The second kappa shape index (κ2) is 8.67. The van der Waals surface area contributed by atoms with Crippen LogP contribution in [0.5, 0.6) is 5.75 Å². The number of benzene rings is 2. The zero-order chi connectivity index (χ0) is 25.6. The molecule has 5 rings (SSSR count). The molecule has 11 nitrogen and oxygen atoms in total. The van der Waals surface area contributed by atoms with E-state index >= 15 is 0 Å². The van der Waals surface area contributed by atoms with Gasteiger partial charge < -0.3 is 24.9 Å². The van der Waals surface area contributed by atoms with Crippen LogP contribution in [0.15, 0.2) is 42.6 Å². The van der Waals surface area contributed by atoms with Gasteiger partial charge in [-0.25, -0.2) is 4.79 Å². The van der Waals surface area contributed by atoms with Crippen molar-refractivity contribution in [2.24, 2.45) is 0 Å². The summed E-state index contributed by atoms with van der Waals surface area (Å²) in [5.74, 6) is 0.0395. The Balaban J connectivity index is 1.54. The lowest BCUT2D eigenvalue weighted by atomic mass is 9.96. The van der Waals surface area contributed by atoms with Gasteiger partial charge in [0.1, 0.15) is 23.5 Å². The Morgan fingerprint density at radius 1 is 1.19 bits per heavy atom. The summed E-state index contributed by atoms with van der Waals surface area (Å²) in [5.41, 5.74) is 2.66. The highest BCUT2D eigenvalue weighted by atomic mass is 16.6. The second-order valence-corrected chi connectivity index (χ2v) is 9.58. The predicted octanol–water partition coefficient (Wildman–Crippen LogP) is 3.87. The summed E-state index contributed by atoms with van der Waals surface area (Å²) in [5, 5.41) is 18.9. The fraction of sp³-hybridized carbons (Fsp3) is 0.320. The predicted molar refractivity (Wildman–Crippen MR) is 131 cm³/mol. The van der Waals surface area contributed by atoms with Crippen LogP contribution in [0, 0.1) is 10.1 Å². The van der Waals surface area contributed by atoms with E-state index in [-0.39, 0.29) is 11.7 Å². The number of nitrogens with one attached hydrogen (secondary N) is 1. The van der Waals surface area contributed by atoms with Crippen LogP contribution in [-0.4, -0.2) is 52.0 Å². The maximum absolute atomic E-state index is 12.8. The van der Waals surface area contributed by atoms with Crippen LogP contribution in [0.4, 0.5) is 16.3 Å². The Hall–Kier alpha value is -4.41. The van der Waals surface area contributed by atoms with Crippen molar-refractivity contribution in [2.75, 3.05) is 24.6 Å². The molecule has 1 N–H and O–H groups in total. The largest absolute Gasteiger partial charge is 0.490 e. The van der Waals surface area contributed by atoms with Gasteiger partial charge in [0.15, 0.2) is 0 Å². The van der Waals surface area contributed by atoms with E-state index in [4.69, 9.17) is 9.47 Å². The number of aromatic nitrogens is 2. The van der Waals surface area contributed by atoms with Crippen LogP contribution in [0.25, 0.3) is 16.8 Å². The highest BCUT2D eigenvalue weighted by Gasteiger charge is 2.30. The molecule has 0 bridgehead atoms. The van der Waals surface area contributed by atoms with E-state index in [2.05, 4.69) is 10.4 Å². The number of nitrogens with zero attached hydrogens (tertiary/aromatic N) is 4. The van der Waals surface area contributed by atoms with Crippen molar-refractivity contribution in [1.29, 1.82) is 0 Å². The van der Waals surface area contributed by atoms with Crippen LogP contribution in [0.1, 0.15) is 36.7 Å². The number of hydrogen-bond donors (Lipinski definition) is 1. The molecule has 186 valence electrons. The summed E-state index contributed by atoms with van der Waals surface area (Å²) >= 11 is 0. The molecule has 0 radical (unpaired) electrons. The number of anilines is 1. The zero-order valence-corrected chi connectivity index (χ0v) is 20.1. The smallest absolute Gasteiger partial charge is 0.415 e.